The maximum absolute atomic E-state index is 5.76. The zero-order valence-electron chi connectivity index (χ0n) is 22.0. The summed E-state index contributed by atoms with van der Waals surface area (Å²) in [5.41, 5.74) is 16.0. The number of nitrogen functional groups attached to an aromatic ring is 1. The molecule has 0 atom stereocenters. The van der Waals surface area contributed by atoms with Crippen LogP contribution in [0.25, 0.3) is 17.5 Å². The molecular weight excluding hydrogens is 442 g/mol. The minimum absolute atomic E-state index is 0.801. The van der Waals surface area contributed by atoms with E-state index < -0.39 is 0 Å². The van der Waals surface area contributed by atoms with Crippen LogP contribution >= 0.6 is 0 Å². The van der Waals surface area contributed by atoms with Gasteiger partial charge in [0.2, 0.25) is 0 Å². The number of hydrogen-bond acceptors (Lipinski definition) is 4. The molecule has 0 bridgehead atoms. The number of nitrogens with one attached hydrogen (secondary N) is 1. The molecule has 0 unspecified atom stereocenters. The minimum Gasteiger partial charge on any atom is -0.399 e. The largest absolute Gasteiger partial charge is 0.399 e. The second kappa shape index (κ2) is 12.5. The highest BCUT2D eigenvalue weighted by Crippen LogP contribution is 2.29. The number of nitrogens with zero attached hydrogens (tertiary/aromatic N) is 3. The van der Waals surface area contributed by atoms with E-state index in [2.05, 4.69) is 94.9 Å². The number of benzene rings is 2. The molecule has 0 saturated heterocycles. The van der Waals surface area contributed by atoms with Crippen LogP contribution in [0.3, 0.4) is 0 Å². The number of rotatable bonds is 7. The van der Waals surface area contributed by atoms with Gasteiger partial charge in [0.25, 0.3) is 0 Å². The summed E-state index contributed by atoms with van der Waals surface area (Å²) < 4.78 is 2.11. The number of aryl methyl sites for hydroxylation is 2. The first-order valence-corrected chi connectivity index (χ1v) is 12.4. The van der Waals surface area contributed by atoms with E-state index in [0.29, 0.717) is 0 Å². The highest BCUT2D eigenvalue weighted by Gasteiger charge is 2.20. The van der Waals surface area contributed by atoms with Crippen molar-refractivity contribution in [2.24, 2.45) is 4.99 Å². The zero-order chi connectivity index (χ0) is 26.1. The van der Waals surface area contributed by atoms with Crippen LogP contribution in [-0.4, -0.2) is 22.8 Å². The Hall–Kier alpha value is -4.12. The summed E-state index contributed by atoms with van der Waals surface area (Å²) in [7, 11) is 1.79. The molecule has 0 spiro atoms. The molecule has 5 nitrogen and oxygen atoms in total. The quantitative estimate of drug-likeness (QED) is 0.220. The number of hydrogen-bond donors (Lipinski definition) is 2. The van der Waals surface area contributed by atoms with Gasteiger partial charge in [0, 0.05) is 30.3 Å². The lowest BCUT2D eigenvalue weighted by molar-refractivity contribution is 1.00. The molecule has 0 amide bonds. The maximum atomic E-state index is 5.76. The molecule has 1 aliphatic heterocycles. The Kier molecular flexibility index (Phi) is 9.23. The molecule has 3 N–H and O–H groups in total. The molecule has 0 fully saturated rings. The molecule has 3 aromatic rings. The number of aliphatic imine (C=N–C) groups is 1. The number of allylic oxidation sites excluding steroid dienone is 4. The summed E-state index contributed by atoms with van der Waals surface area (Å²) in [6.07, 6.45) is 14.3. The van der Waals surface area contributed by atoms with Crippen LogP contribution in [0.2, 0.25) is 0 Å². The van der Waals surface area contributed by atoms with Gasteiger partial charge in [-0.25, -0.2) is 4.98 Å². The van der Waals surface area contributed by atoms with Crippen molar-refractivity contribution in [1.29, 1.82) is 0 Å². The van der Waals surface area contributed by atoms with Gasteiger partial charge in [0.1, 0.15) is 12.0 Å². The SMILES string of the molecule is C=C1NC(/C(C)=C/C=C\CCc2ccc(N)cc2)=Cc2c1ncn2-c1ccc(C=NC)c(C)c1.CC. The fourth-order valence-corrected chi connectivity index (χ4v) is 3.97. The van der Waals surface area contributed by atoms with E-state index in [0.717, 1.165) is 58.1 Å². The molecule has 5 heteroatoms. The van der Waals surface area contributed by atoms with E-state index in [-0.39, 0.29) is 0 Å². The van der Waals surface area contributed by atoms with E-state index in [1.54, 1.807) is 7.05 Å². The number of imidazole rings is 1. The molecule has 0 saturated carbocycles. The highest BCUT2D eigenvalue weighted by atomic mass is 15.1. The highest BCUT2D eigenvalue weighted by molar-refractivity contribution is 5.82. The Bertz CT molecular complexity index is 1320. The zero-order valence-corrected chi connectivity index (χ0v) is 22.0. The van der Waals surface area contributed by atoms with Gasteiger partial charge >= 0.3 is 0 Å². The van der Waals surface area contributed by atoms with E-state index in [1.807, 2.05) is 38.5 Å². The molecule has 186 valence electrons. The third kappa shape index (κ3) is 6.30. The van der Waals surface area contributed by atoms with E-state index in [4.69, 9.17) is 5.73 Å². The molecule has 1 aromatic heterocycles. The Balaban J connectivity index is 0.00000176. The maximum Gasteiger partial charge on any atom is 0.112 e. The average Bonchev–Trinajstić information content (AvgIpc) is 3.32. The Morgan fingerprint density at radius 3 is 2.61 bits per heavy atom. The van der Waals surface area contributed by atoms with Crippen LogP contribution in [0, 0.1) is 6.92 Å². The number of nitrogens with two attached hydrogens (primary N) is 1. The van der Waals surface area contributed by atoms with Gasteiger partial charge in [0.05, 0.1) is 11.4 Å². The predicted molar refractivity (Wildman–Crippen MR) is 155 cm³/mol. The van der Waals surface area contributed by atoms with Crippen LogP contribution in [-0.2, 0) is 6.42 Å². The van der Waals surface area contributed by atoms with Crippen LogP contribution in [0.4, 0.5) is 5.69 Å². The van der Waals surface area contributed by atoms with Crippen molar-refractivity contribution in [3.8, 4) is 5.69 Å². The first-order chi connectivity index (χ1) is 17.5. The second-order valence-electron chi connectivity index (χ2n) is 8.50. The molecular formula is C31H37N5. The standard InChI is InChI=1S/C29H31N5.C2H6/c1-20(8-6-5-7-9-23-10-13-25(30)14-11-23)27-17-28-29(22(3)33-27)32-19-34(28)26-15-12-24(18-31-4)21(2)16-26;1-2/h5-6,8,10-19,33H,3,7,9,30H2,1-2,4H3;1-2H3/b6-5-,20-8+,31-18?;. The van der Waals surface area contributed by atoms with Crippen molar-refractivity contribution in [3.63, 3.8) is 0 Å². The number of anilines is 1. The van der Waals surface area contributed by atoms with Crippen molar-refractivity contribution in [3.05, 3.63) is 113 Å². The van der Waals surface area contributed by atoms with E-state index in [9.17, 15) is 0 Å². The third-order valence-electron chi connectivity index (χ3n) is 5.94. The summed E-state index contributed by atoms with van der Waals surface area (Å²) in [5, 5.41) is 3.41. The minimum atomic E-state index is 0.801. The average molecular weight is 480 g/mol. The van der Waals surface area contributed by atoms with Gasteiger partial charge in [-0.05, 0) is 79.3 Å². The predicted octanol–water partition coefficient (Wildman–Crippen LogP) is 6.89. The van der Waals surface area contributed by atoms with Gasteiger partial charge < -0.3 is 11.1 Å². The van der Waals surface area contributed by atoms with Crippen molar-refractivity contribution in [2.75, 3.05) is 12.8 Å². The summed E-state index contributed by atoms with van der Waals surface area (Å²) in [6.45, 7) is 12.4. The molecule has 4 rings (SSSR count). The lowest BCUT2D eigenvalue weighted by Gasteiger charge is -2.20. The summed E-state index contributed by atoms with van der Waals surface area (Å²) in [4.78, 5) is 8.74. The van der Waals surface area contributed by atoms with Gasteiger partial charge in [-0.2, -0.15) is 0 Å². The summed E-state index contributed by atoms with van der Waals surface area (Å²) in [5.74, 6) is 0. The molecule has 1 aliphatic rings. The smallest absolute Gasteiger partial charge is 0.112 e. The van der Waals surface area contributed by atoms with E-state index >= 15 is 0 Å². The first kappa shape index (κ1) is 26.5. The Labute approximate surface area is 215 Å². The van der Waals surface area contributed by atoms with Crippen LogP contribution in [0.15, 0.2) is 89.9 Å². The van der Waals surface area contributed by atoms with Crippen molar-refractivity contribution in [1.82, 2.24) is 14.9 Å². The van der Waals surface area contributed by atoms with Crippen molar-refractivity contribution >= 4 is 23.7 Å². The summed E-state index contributed by atoms with van der Waals surface area (Å²) >= 11 is 0. The van der Waals surface area contributed by atoms with Gasteiger partial charge in [-0.3, -0.25) is 9.56 Å². The topological polar surface area (TPSA) is 68.2 Å². The molecule has 2 aromatic carbocycles. The van der Waals surface area contributed by atoms with E-state index in [1.165, 1.54) is 11.1 Å². The normalized spacial score (nSPS) is 13.3. The van der Waals surface area contributed by atoms with Gasteiger partial charge in [-0.1, -0.05) is 56.9 Å². The van der Waals surface area contributed by atoms with Crippen molar-refractivity contribution < 1.29 is 0 Å². The fraction of sp³-hybridized carbons (Fsp3) is 0.226. The van der Waals surface area contributed by atoms with Gasteiger partial charge in [0.15, 0.2) is 0 Å². The fourth-order valence-electron chi connectivity index (χ4n) is 3.97. The Morgan fingerprint density at radius 2 is 1.92 bits per heavy atom. The van der Waals surface area contributed by atoms with Crippen molar-refractivity contribution in [2.45, 2.75) is 40.5 Å². The number of aromatic nitrogens is 2. The van der Waals surface area contributed by atoms with Crippen LogP contribution in [0.1, 0.15) is 55.3 Å². The second-order valence-corrected chi connectivity index (χ2v) is 8.50. The molecule has 36 heavy (non-hydrogen) atoms. The summed E-state index contributed by atoms with van der Waals surface area (Å²) in [6, 6.07) is 14.4. The Morgan fingerprint density at radius 1 is 1.17 bits per heavy atom. The lowest BCUT2D eigenvalue weighted by atomic mass is 10.1. The van der Waals surface area contributed by atoms with Crippen LogP contribution < -0.4 is 11.1 Å². The molecule has 0 aliphatic carbocycles. The number of fused-ring (bicyclic) bond motifs is 1. The molecule has 2 heterocycles. The monoisotopic (exact) mass is 479 g/mol. The lowest BCUT2D eigenvalue weighted by Crippen LogP contribution is -2.17. The first-order valence-electron chi connectivity index (χ1n) is 12.4. The van der Waals surface area contributed by atoms with Gasteiger partial charge in [-0.15, -0.1) is 0 Å². The van der Waals surface area contributed by atoms with Crippen LogP contribution in [0.5, 0.6) is 0 Å². The molecule has 0 radical (unpaired) electrons. The third-order valence-corrected chi connectivity index (χ3v) is 5.94.